The molecule has 1 amide bonds. The molecule has 6 nitrogen and oxygen atoms in total. The molecule has 2 unspecified atom stereocenters. The number of halogens is 2. The predicted molar refractivity (Wildman–Crippen MR) is 113 cm³/mol. The number of fused-ring (bicyclic) bond motifs is 6. The van der Waals surface area contributed by atoms with Crippen LogP contribution in [-0.4, -0.2) is 23.2 Å². The van der Waals surface area contributed by atoms with E-state index in [1.54, 1.807) is 23.2 Å². The summed E-state index contributed by atoms with van der Waals surface area (Å²) in [6, 6.07) is 21.1. The SMILES string of the molecule is O=C1Nc2ccccc2C12Oc1ccccc1C1CC(c3ccccc3OC(F)F)=NN12. The fraction of sp³-hybridized carbons (Fsp3) is 0.167. The fourth-order valence-corrected chi connectivity index (χ4v) is 4.71. The number of ether oxygens (including phenoxy) is 2. The number of benzene rings is 3. The van der Waals surface area contributed by atoms with E-state index in [0.29, 0.717) is 34.7 Å². The van der Waals surface area contributed by atoms with Crippen molar-refractivity contribution < 1.29 is 23.0 Å². The van der Waals surface area contributed by atoms with Crippen molar-refractivity contribution in [3.8, 4) is 11.5 Å². The molecule has 0 saturated carbocycles. The molecule has 8 heteroatoms. The van der Waals surface area contributed by atoms with Gasteiger partial charge in [0.05, 0.1) is 23.0 Å². The van der Waals surface area contributed by atoms with E-state index < -0.39 is 12.3 Å². The Bertz CT molecular complexity index is 1280. The van der Waals surface area contributed by atoms with Crippen molar-refractivity contribution in [3.63, 3.8) is 0 Å². The Kier molecular flexibility index (Phi) is 3.98. The van der Waals surface area contributed by atoms with Crippen LogP contribution in [0.15, 0.2) is 77.9 Å². The minimum atomic E-state index is -2.95. The zero-order valence-corrected chi connectivity index (χ0v) is 16.7. The minimum Gasteiger partial charge on any atom is -0.453 e. The average molecular weight is 433 g/mol. The molecule has 2 atom stereocenters. The molecule has 0 bridgehead atoms. The number of nitrogens with one attached hydrogen (secondary N) is 1. The number of alkyl halides is 2. The van der Waals surface area contributed by atoms with Crippen molar-refractivity contribution in [2.45, 2.75) is 24.8 Å². The van der Waals surface area contributed by atoms with E-state index in [4.69, 9.17) is 14.6 Å². The molecule has 0 aliphatic carbocycles. The van der Waals surface area contributed by atoms with Crippen molar-refractivity contribution in [3.05, 3.63) is 89.5 Å². The van der Waals surface area contributed by atoms with Gasteiger partial charge in [0, 0.05) is 17.5 Å². The standard InChI is InChI=1S/C24H17F2N3O3/c25-23(26)31-20-11-5-1-7-14(20)18-13-19-15-8-2-6-12-21(15)32-24(29(19)28-18)16-9-3-4-10-17(16)27-22(24)30/h1-12,19,23H,13H2,(H,27,30). The number of hydrogen-bond acceptors (Lipinski definition) is 5. The highest BCUT2D eigenvalue weighted by molar-refractivity contribution is 6.07. The smallest absolute Gasteiger partial charge is 0.387 e. The number of anilines is 1. The van der Waals surface area contributed by atoms with Crippen molar-refractivity contribution >= 4 is 17.3 Å². The van der Waals surface area contributed by atoms with E-state index in [-0.39, 0.29) is 17.7 Å². The summed E-state index contributed by atoms with van der Waals surface area (Å²) in [6.07, 6.45) is 0.404. The van der Waals surface area contributed by atoms with Gasteiger partial charge in [-0.15, -0.1) is 0 Å². The van der Waals surface area contributed by atoms with E-state index in [1.807, 2.05) is 48.5 Å². The molecule has 3 aromatic carbocycles. The lowest BCUT2D eigenvalue weighted by Crippen LogP contribution is -2.55. The summed E-state index contributed by atoms with van der Waals surface area (Å²) in [5, 5.41) is 9.32. The molecule has 3 aliphatic rings. The molecule has 1 spiro atoms. The number of para-hydroxylation sites is 3. The first-order chi connectivity index (χ1) is 15.6. The van der Waals surface area contributed by atoms with Crippen LogP contribution in [0.1, 0.15) is 29.2 Å². The Morgan fingerprint density at radius 1 is 1.06 bits per heavy atom. The quantitative estimate of drug-likeness (QED) is 0.654. The summed E-state index contributed by atoms with van der Waals surface area (Å²) in [5.41, 5.74) is 1.70. The summed E-state index contributed by atoms with van der Waals surface area (Å²) in [6.45, 7) is -2.95. The van der Waals surface area contributed by atoms with Crippen molar-refractivity contribution in [2.24, 2.45) is 5.10 Å². The van der Waals surface area contributed by atoms with Gasteiger partial charge in [0.1, 0.15) is 11.5 Å². The van der Waals surface area contributed by atoms with Gasteiger partial charge < -0.3 is 14.8 Å². The highest BCUT2D eigenvalue weighted by Gasteiger charge is 2.60. The second kappa shape index (κ2) is 6.78. The Hall–Kier alpha value is -3.94. The monoisotopic (exact) mass is 433 g/mol. The van der Waals surface area contributed by atoms with Crippen LogP contribution in [0.2, 0.25) is 0 Å². The maximum Gasteiger partial charge on any atom is 0.387 e. The number of nitrogens with zero attached hydrogens (tertiary/aromatic N) is 2. The van der Waals surface area contributed by atoms with Crippen LogP contribution in [0.25, 0.3) is 0 Å². The molecule has 3 aromatic rings. The lowest BCUT2D eigenvalue weighted by molar-refractivity contribution is -0.161. The normalized spacial score (nSPS) is 22.7. The number of hydrazone groups is 1. The van der Waals surface area contributed by atoms with Gasteiger partial charge in [0.25, 0.3) is 5.91 Å². The summed E-state index contributed by atoms with van der Waals surface area (Å²) in [5.74, 6) is 0.287. The average Bonchev–Trinajstić information content (AvgIpc) is 3.35. The van der Waals surface area contributed by atoms with Gasteiger partial charge in [-0.1, -0.05) is 48.5 Å². The molecule has 3 heterocycles. The van der Waals surface area contributed by atoms with E-state index in [0.717, 1.165) is 5.56 Å². The van der Waals surface area contributed by atoms with E-state index in [2.05, 4.69) is 5.32 Å². The first-order valence-electron chi connectivity index (χ1n) is 10.2. The van der Waals surface area contributed by atoms with E-state index in [1.165, 1.54) is 6.07 Å². The summed E-state index contributed by atoms with van der Waals surface area (Å²) in [7, 11) is 0. The van der Waals surface area contributed by atoms with Crippen LogP contribution in [0.5, 0.6) is 11.5 Å². The highest BCUT2D eigenvalue weighted by atomic mass is 19.3. The van der Waals surface area contributed by atoms with Gasteiger partial charge in [0.15, 0.2) is 0 Å². The second-order valence-electron chi connectivity index (χ2n) is 7.77. The number of amides is 1. The Balaban J connectivity index is 1.54. The Morgan fingerprint density at radius 2 is 1.81 bits per heavy atom. The molecule has 0 saturated heterocycles. The molecule has 0 fully saturated rings. The molecule has 160 valence electrons. The van der Waals surface area contributed by atoms with Crippen LogP contribution in [-0.2, 0) is 10.5 Å². The fourth-order valence-electron chi connectivity index (χ4n) is 4.71. The zero-order chi connectivity index (χ0) is 21.9. The topological polar surface area (TPSA) is 63.2 Å². The first-order valence-corrected chi connectivity index (χ1v) is 10.2. The van der Waals surface area contributed by atoms with Crippen molar-refractivity contribution in [1.82, 2.24) is 5.01 Å². The lowest BCUT2D eigenvalue weighted by Gasteiger charge is -2.43. The zero-order valence-electron chi connectivity index (χ0n) is 16.7. The first kappa shape index (κ1) is 18.8. The van der Waals surface area contributed by atoms with E-state index >= 15 is 0 Å². The van der Waals surface area contributed by atoms with Gasteiger partial charge in [-0.2, -0.15) is 13.9 Å². The molecular weight excluding hydrogens is 416 g/mol. The second-order valence-corrected chi connectivity index (χ2v) is 7.77. The number of carbonyl (C=O) groups excluding carboxylic acids is 1. The van der Waals surface area contributed by atoms with Crippen LogP contribution < -0.4 is 14.8 Å². The Morgan fingerprint density at radius 3 is 2.69 bits per heavy atom. The summed E-state index contributed by atoms with van der Waals surface area (Å²) in [4.78, 5) is 13.3. The van der Waals surface area contributed by atoms with Gasteiger partial charge in [-0.25, -0.2) is 5.01 Å². The van der Waals surface area contributed by atoms with Gasteiger partial charge in [-0.3, -0.25) is 4.79 Å². The van der Waals surface area contributed by atoms with Crippen LogP contribution in [0.3, 0.4) is 0 Å². The van der Waals surface area contributed by atoms with Crippen LogP contribution in [0.4, 0.5) is 14.5 Å². The van der Waals surface area contributed by atoms with Crippen molar-refractivity contribution in [2.75, 3.05) is 5.32 Å². The predicted octanol–water partition coefficient (Wildman–Crippen LogP) is 4.64. The highest BCUT2D eigenvalue weighted by Crippen LogP contribution is 2.54. The molecule has 3 aliphatic heterocycles. The van der Waals surface area contributed by atoms with Gasteiger partial charge >= 0.3 is 12.3 Å². The Labute approximate surface area is 182 Å². The third kappa shape index (κ3) is 2.55. The molecular formula is C24H17F2N3O3. The number of carbonyl (C=O) groups is 1. The third-order valence-corrected chi connectivity index (χ3v) is 6.03. The molecule has 1 N–H and O–H groups in total. The largest absolute Gasteiger partial charge is 0.453 e. The lowest BCUT2D eigenvalue weighted by atomic mass is 9.92. The number of rotatable bonds is 3. The molecule has 0 radical (unpaired) electrons. The minimum absolute atomic E-state index is 0.0422. The van der Waals surface area contributed by atoms with Crippen LogP contribution in [0, 0.1) is 0 Å². The molecule has 32 heavy (non-hydrogen) atoms. The molecule has 6 rings (SSSR count). The molecule has 0 aromatic heterocycles. The van der Waals surface area contributed by atoms with Gasteiger partial charge in [-0.05, 0) is 24.3 Å². The van der Waals surface area contributed by atoms with Crippen molar-refractivity contribution in [1.29, 1.82) is 0 Å². The van der Waals surface area contributed by atoms with Crippen LogP contribution >= 0.6 is 0 Å². The maximum absolute atomic E-state index is 13.3. The number of hydrogen-bond donors (Lipinski definition) is 1. The maximum atomic E-state index is 13.3. The van der Waals surface area contributed by atoms with E-state index in [9.17, 15) is 13.6 Å². The third-order valence-electron chi connectivity index (χ3n) is 6.03. The summed E-state index contributed by atoms with van der Waals surface area (Å²) >= 11 is 0. The van der Waals surface area contributed by atoms with Gasteiger partial charge in [0.2, 0.25) is 0 Å². The summed E-state index contributed by atoms with van der Waals surface area (Å²) < 4.78 is 37.1.